The molecule has 24 heavy (non-hydrogen) atoms. The first-order valence-electron chi connectivity index (χ1n) is 7.54. The van der Waals surface area contributed by atoms with Crippen LogP contribution in [-0.4, -0.2) is 48.1 Å². The lowest BCUT2D eigenvalue weighted by atomic mass is 10.0. The highest BCUT2D eigenvalue weighted by atomic mass is 19.4. The molecule has 1 N–H and O–H groups in total. The highest BCUT2D eigenvalue weighted by molar-refractivity contribution is 5.67. The van der Waals surface area contributed by atoms with Gasteiger partial charge >= 0.3 is 6.18 Å². The molecule has 3 rings (SSSR count). The molecule has 2 aromatic rings. The fourth-order valence-electron chi connectivity index (χ4n) is 2.75. The fraction of sp³-hybridized carbons (Fsp3) is 0.375. The Morgan fingerprint density at radius 3 is 2.46 bits per heavy atom. The third-order valence-electron chi connectivity index (χ3n) is 4.11. The first-order chi connectivity index (χ1) is 11.3. The third kappa shape index (κ3) is 3.43. The van der Waals surface area contributed by atoms with Crippen LogP contribution < -0.4 is 10.5 Å². The minimum absolute atomic E-state index is 0.184. The number of aromatic amines is 1. The first-order valence-corrected chi connectivity index (χ1v) is 7.54. The summed E-state index contributed by atoms with van der Waals surface area (Å²) in [6.45, 7) is 2.55. The molecule has 1 aromatic heterocycles. The maximum atomic E-state index is 13.5. The lowest BCUT2D eigenvalue weighted by Crippen LogP contribution is -2.45. The summed E-state index contributed by atoms with van der Waals surface area (Å²) in [5.41, 5.74) is -0.286. The van der Waals surface area contributed by atoms with Crippen LogP contribution in [0.25, 0.3) is 11.3 Å². The number of piperazine rings is 1. The zero-order valence-corrected chi connectivity index (χ0v) is 13.1. The van der Waals surface area contributed by atoms with E-state index in [2.05, 4.69) is 14.9 Å². The van der Waals surface area contributed by atoms with Gasteiger partial charge in [0.25, 0.3) is 5.56 Å². The van der Waals surface area contributed by atoms with Crippen LogP contribution in [0.15, 0.2) is 35.4 Å². The molecule has 0 unspecified atom stereocenters. The van der Waals surface area contributed by atoms with Crippen molar-refractivity contribution in [2.75, 3.05) is 38.1 Å². The van der Waals surface area contributed by atoms with Crippen LogP contribution in [0.3, 0.4) is 0 Å². The van der Waals surface area contributed by atoms with Crippen molar-refractivity contribution in [3.05, 3.63) is 46.5 Å². The number of alkyl halides is 3. The second-order valence-corrected chi connectivity index (χ2v) is 5.82. The molecular formula is C16H17F3N4O. The lowest BCUT2D eigenvalue weighted by Gasteiger charge is -2.35. The SMILES string of the molecule is CN1CCN(c2ccc(-c3c[nH]c(=O)cn3)cc2C(F)(F)F)CC1. The van der Waals surface area contributed by atoms with E-state index in [1.54, 1.807) is 11.0 Å². The molecule has 0 aliphatic carbocycles. The molecule has 5 nitrogen and oxygen atoms in total. The molecule has 128 valence electrons. The highest BCUT2D eigenvalue weighted by Crippen LogP contribution is 2.39. The largest absolute Gasteiger partial charge is 0.418 e. The van der Waals surface area contributed by atoms with Gasteiger partial charge in [-0.15, -0.1) is 0 Å². The van der Waals surface area contributed by atoms with Crippen molar-refractivity contribution in [2.45, 2.75) is 6.18 Å². The van der Waals surface area contributed by atoms with Gasteiger partial charge in [-0.05, 0) is 19.2 Å². The Labute approximate surface area is 136 Å². The Hall–Kier alpha value is -2.35. The Morgan fingerprint density at radius 1 is 1.17 bits per heavy atom. The van der Waals surface area contributed by atoms with E-state index < -0.39 is 17.3 Å². The number of aromatic nitrogens is 2. The van der Waals surface area contributed by atoms with E-state index in [1.165, 1.54) is 12.3 Å². The Morgan fingerprint density at radius 2 is 1.88 bits per heavy atom. The Bertz CT molecular complexity index is 759. The number of hydrogen-bond donors (Lipinski definition) is 1. The number of hydrogen-bond acceptors (Lipinski definition) is 4. The van der Waals surface area contributed by atoms with E-state index in [9.17, 15) is 18.0 Å². The second kappa shape index (κ2) is 6.27. The Kier molecular flexibility index (Phi) is 4.31. The number of nitrogens with one attached hydrogen (secondary N) is 1. The molecule has 1 aromatic carbocycles. The van der Waals surface area contributed by atoms with Crippen molar-refractivity contribution >= 4 is 5.69 Å². The third-order valence-corrected chi connectivity index (χ3v) is 4.11. The molecule has 0 spiro atoms. The molecule has 1 saturated heterocycles. The van der Waals surface area contributed by atoms with Gasteiger partial charge in [-0.3, -0.25) is 4.79 Å². The fourth-order valence-corrected chi connectivity index (χ4v) is 2.75. The van der Waals surface area contributed by atoms with E-state index in [1.807, 2.05) is 7.05 Å². The number of likely N-dealkylation sites (N-methyl/N-ethyl adjacent to an activating group) is 1. The number of H-pyrrole nitrogens is 1. The molecule has 0 radical (unpaired) electrons. The average molecular weight is 338 g/mol. The summed E-state index contributed by atoms with van der Waals surface area (Å²) in [4.78, 5) is 21.2. The molecule has 1 aliphatic rings. The summed E-state index contributed by atoms with van der Waals surface area (Å²) in [5.74, 6) is 0. The summed E-state index contributed by atoms with van der Waals surface area (Å²) in [6.07, 6.45) is -2.10. The number of rotatable bonds is 2. The van der Waals surface area contributed by atoms with Gasteiger partial charge in [0, 0.05) is 43.6 Å². The molecule has 0 amide bonds. The maximum Gasteiger partial charge on any atom is 0.418 e. The van der Waals surface area contributed by atoms with Gasteiger partial charge in [0.2, 0.25) is 0 Å². The van der Waals surface area contributed by atoms with Gasteiger partial charge in [-0.25, -0.2) is 4.98 Å². The molecule has 1 aliphatic heterocycles. The summed E-state index contributed by atoms with van der Waals surface area (Å²) in [7, 11) is 1.95. The minimum atomic E-state index is -4.46. The van der Waals surface area contributed by atoms with Crippen molar-refractivity contribution in [1.82, 2.24) is 14.9 Å². The van der Waals surface area contributed by atoms with Crippen molar-refractivity contribution in [1.29, 1.82) is 0 Å². The smallest absolute Gasteiger partial charge is 0.368 e. The van der Waals surface area contributed by atoms with E-state index in [-0.39, 0.29) is 5.69 Å². The van der Waals surface area contributed by atoms with Crippen LogP contribution >= 0.6 is 0 Å². The number of benzene rings is 1. The Balaban J connectivity index is 2.01. The zero-order chi connectivity index (χ0) is 17.3. The topological polar surface area (TPSA) is 52.2 Å². The van der Waals surface area contributed by atoms with E-state index in [0.717, 1.165) is 25.4 Å². The van der Waals surface area contributed by atoms with E-state index in [4.69, 9.17) is 0 Å². The van der Waals surface area contributed by atoms with Crippen molar-refractivity contribution in [3.63, 3.8) is 0 Å². The van der Waals surface area contributed by atoms with Gasteiger partial charge in [0.05, 0.1) is 17.5 Å². The molecule has 8 heteroatoms. The van der Waals surface area contributed by atoms with Crippen molar-refractivity contribution in [2.24, 2.45) is 0 Å². The number of halogens is 3. The van der Waals surface area contributed by atoms with Crippen molar-refractivity contribution in [3.8, 4) is 11.3 Å². The van der Waals surface area contributed by atoms with Crippen LogP contribution in [0.5, 0.6) is 0 Å². The maximum absolute atomic E-state index is 13.5. The molecule has 0 atom stereocenters. The summed E-state index contributed by atoms with van der Waals surface area (Å²) in [6, 6.07) is 4.17. The van der Waals surface area contributed by atoms with Gasteiger partial charge in [0.1, 0.15) is 0 Å². The lowest BCUT2D eigenvalue weighted by molar-refractivity contribution is -0.137. The molecule has 0 saturated carbocycles. The summed E-state index contributed by atoms with van der Waals surface area (Å²) < 4.78 is 40.6. The summed E-state index contributed by atoms with van der Waals surface area (Å²) >= 11 is 0. The van der Waals surface area contributed by atoms with Gasteiger partial charge in [-0.2, -0.15) is 13.2 Å². The van der Waals surface area contributed by atoms with Crippen LogP contribution in [-0.2, 0) is 6.18 Å². The van der Waals surface area contributed by atoms with Crippen molar-refractivity contribution < 1.29 is 13.2 Å². The van der Waals surface area contributed by atoms with Crippen LogP contribution in [0, 0.1) is 0 Å². The van der Waals surface area contributed by atoms with E-state index >= 15 is 0 Å². The van der Waals surface area contributed by atoms with Gasteiger partial charge < -0.3 is 14.8 Å². The van der Waals surface area contributed by atoms with Gasteiger partial charge in [0.15, 0.2) is 0 Å². The minimum Gasteiger partial charge on any atom is -0.368 e. The van der Waals surface area contributed by atoms with Crippen LogP contribution in [0.1, 0.15) is 5.56 Å². The quantitative estimate of drug-likeness (QED) is 0.912. The van der Waals surface area contributed by atoms with Gasteiger partial charge in [-0.1, -0.05) is 6.07 Å². The first kappa shape index (κ1) is 16.5. The number of nitrogens with zero attached hydrogens (tertiary/aromatic N) is 3. The molecule has 0 bridgehead atoms. The monoisotopic (exact) mass is 338 g/mol. The predicted octanol–water partition coefficient (Wildman–Crippen LogP) is 2.21. The standard InChI is InChI=1S/C16H17F3N4O/c1-22-4-6-23(7-5-22)14-3-2-11(8-12(14)16(17,18)19)13-9-21-15(24)10-20-13/h2-3,8-10H,4-7H2,1H3,(H,21,24). The zero-order valence-electron chi connectivity index (χ0n) is 13.1. The predicted molar refractivity (Wildman–Crippen MR) is 85.0 cm³/mol. The normalized spacial score (nSPS) is 16.4. The van der Waals surface area contributed by atoms with Crippen LogP contribution in [0.4, 0.5) is 18.9 Å². The van der Waals surface area contributed by atoms with Crippen LogP contribution in [0.2, 0.25) is 0 Å². The highest BCUT2D eigenvalue weighted by Gasteiger charge is 2.35. The molecule has 2 heterocycles. The van der Waals surface area contributed by atoms with E-state index in [0.29, 0.717) is 24.3 Å². The molecule has 1 fully saturated rings. The molecular weight excluding hydrogens is 321 g/mol. The summed E-state index contributed by atoms with van der Waals surface area (Å²) in [5, 5.41) is 0. The average Bonchev–Trinajstić information content (AvgIpc) is 2.55. The number of anilines is 1. The second-order valence-electron chi connectivity index (χ2n) is 5.82.